The van der Waals surface area contributed by atoms with Crippen LogP contribution in [0.2, 0.25) is 0 Å². The molecule has 0 aliphatic carbocycles. The third kappa shape index (κ3) is 4.48. The first-order valence-corrected chi connectivity index (χ1v) is 7.46. The highest BCUT2D eigenvalue weighted by Gasteiger charge is 2.25. The summed E-state index contributed by atoms with van der Waals surface area (Å²) in [6, 6.07) is 5.38. The fourth-order valence-corrected chi connectivity index (χ4v) is 2.55. The van der Waals surface area contributed by atoms with E-state index in [4.69, 9.17) is 14.6 Å². The average Bonchev–Trinajstić information content (AvgIpc) is 2.59. The van der Waals surface area contributed by atoms with Crippen LogP contribution in [-0.2, 0) is 9.59 Å². The highest BCUT2D eigenvalue weighted by atomic mass is 16.5. The smallest absolute Gasteiger partial charge is 0.306 e. The number of carbonyl (C=O) groups is 2. The predicted molar refractivity (Wildman–Crippen MR) is 85.5 cm³/mol. The Morgan fingerprint density at radius 2 is 1.70 bits per heavy atom. The molecule has 0 unspecified atom stereocenters. The Hall–Kier alpha value is -2.50. The van der Waals surface area contributed by atoms with Gasteiger partial charge >= 0.3 is 5.97 Å². The maximum Gasteiger partial charge on any atom is 0.306 e. The SMILES string of the molecule is COc1cc(C=CC(=O)N2CCC(C(=O)O)CC2)cc(OC)c1. The lowest BCUT2D eigenvalue weighted by Gasteiger charge is -2.29. The van der Waals surface area contributed by atoms with Crippen LogP contribution in [0, 0.1) is 5.92 Å². The van der Waals surface area contributed by atoms with Gasteiger partial charge in [0.1, 0.15) is 11.5 Å². The van der Waals surface area contributed by atoms with Crippen molar-refractivity contribution >= 4 is 18.0 Å². The summed E-state index contributed by atoms with van der Waals surface area (Å²) in [6.45, 7) is 0.948. The van der Waals surface area contributed by atoms with Gasteiger partial charge in [0.25, 0.3) is 0 Å². The summed E-state index contributed by atoms with van der Waals surface area (Å²) in [6.07, 6.45) is 4.20. The Morgan fingerprint density at radius 3 is 2.17 bits per heavy atom. The van der Waals surface area contributed by atoms with Crippen molar-refractivity contribution in [2.45, 2.75) is 12.8 Å². The van der Waals surface area contributed by atoms with Gasteiger partial charge in [-0.1, -0.05) is 0 Å². The van der Waals surface area contributed by atoms with Crippen LogP contribution >= 0.6 is 0 Å². The van der Waals surface area contributed by atoms with E-state index in [1.54, 1.807) is 31.3 Å². The Morgan fingerprint density at radius 1 is 1.13 bits per heavy atom. The van der Waals surface area contributed by atoms with Gasteiger partial charge in [-0.15, -0.1) is 0 Å². The molecule has 1 heterocycles. The zero-order valence-electron chi connectivity index (χ0n) is 13.3. The van der Waals surface area contributed by atoms with Crippen molar-refractivity contribution in [3.05, 3.63) is 29.8 Å². The zero-order valence-corrected chi connectivity index (χ0v) is 13.3. The molecule has 2 rings (SSSR count). The highest BCUT2D eigenvalue weighted by molar-refractivity contribution is 5.92. The van der Waals surface area contributed by atoms with Gasteiger partial charge in [-0.2, -0.15) is 0 Å². The molecule has 124 valence electrons. The molecule has 6 nitrogen and oxygen atoms in total. The molecule has 0 spiro atoms. The molecule has 1 fully saturated rings. The maximum absolute atomic E-state index is 12.2. The van der Waals surface area contributed by atoms with Gasteiger partial charge in [0, 0.05) is 25.2 Å². The highest BCUT2D eigenvalue weighted by Crippen LogP contribution is 2.23. The van der Waals surface area contributed by atoms with Gasteiger partial charge in [0.2, 0.25) is 5.91 Å². The van der Waals surface area contributed by atoms with E-state index in [0.29, 0.717) is 37.4 Å². The lowest BCUT2D eigenvalue weighted by atomic mass is 9.97. The van der Waals surface area contributed by atoms with E-state index in [1.807, 2.05) is 12.1 Å². The summed E-state index contributed by atoms with van der Waals surface area (Å²) in [7, 11) is 3.14. The number of hydrogen-bond acceptors (Lipinski definition) is 4. The lowest BCUT2D eigenvalue weighted by Crippen LogP contribution is -2.39. The van der Waals surface area contributed by atoms with Crippen LogP contribution in [0.4, 0.5) is 0 Å². The number of piperidine rings is 1. The van der Waals surface area contributed by atoms with Gasteiger partial charge in [0.05, 0.1) is 20.1 Å². The average molecular weight is 319 g/mol. The molecule has 1 aliphatic rings. The Bertz CT molecular complexity index is 581. The summed E-state index contributed by atoms with van der Waals surface area (Å²) in [5, 5.41) is 8.97. The predicted octanol–water partition coefficient (Wildman–Crippen LogP) is 2.04. The molecule has 6 heteroatoms. The van der Waals surface area contributed by atoms with E-state index in [-0.39, 0.29) is 11.8 Å². The van der Waals surface area contributed by atoms with E-state index in [2.05, 4.69) is 0 Å². The van der Waals surface area contributed by atoms with Crippen LogP contribution in [0.15, 0.2) is 24.3 Å². The van der Waals surface area contributed by atoms with Gasteiger partial charge in [0.15, 0.2) is 0 Å². The number of rotatable bonds is 5. The third-order valence-corrected chi connectivity index (χ3v) is 3.95. The van der Waals surface area contributed by atoms with Gasteiger partial charge in [-0.05, 0) is 36.6 Å². The van der Waals surface area contributed by atoms with E-state index < -0.39 is 5.97 Å². The van der Waals surface area contributed by atoms with Crippen molar-refractivity contribution in [2.75, 3.05) is 27.3 Å². The molecule has 1 N–H and O–H groups in total. The first-order chi connectivity index (χ1) is 11.0. The summed E-state index contributed by atoms with van der Waals surface area (Å²) in [5.74, 6) is 0.0647. The second-order valence-corrected chi connectivity index (χ2v) is 5.42. The Kier molecular flexibility index (Phi) is 5.62. The van der Waals surface area contributed by atoms with Crippen molar-refractivity contribution in [1.29, 1.82) is 0 Å². The molecule has 23 heavy (non-hydrogen) atoms. The van der Waals surface area contributed by atoms with Crippen LogP contribution in [0.5, 0.6) is 11.5 Å². The van der Waals surface area contributed by atoms with Crippen molar-refractivity contribution in [3.8, 4) is 11.5 Å². The molecule has 1 saturated heterocycles. The van der Waals surface area contributed by atoms with E-state index in [9.17, 15) is 9.59 Å². The summed E-state index contributed by atoms with van der Waals surface area (Å²) >= 11 is 0. The number of methoxy groups -OCH3 is 2. The number of likely N-dealkylation sites (tertiary alicyclic amines) is 1. The maximum atomic E-state index is 12.2. The van der Waals surface area contributed by atoms with Crippen molar-refractivity contribution < 1.29 is 24.2 Å². The van der Waals surface area contributed by atoms with Gasteiger partial charge < -0.3 is 19.5 Å². The standard InChI is InChI=1S/C17H21NO5/c1-22-14-9-12(10-15(11-14)23-2)3-4-16(19)18-7-5-13(6-8-18)17(20)21/h3-4,9-11,13H,5-8H2,1-2H3,(H,20,21). The van der Waals surface area contributed by atoms with Crippen LogP contribution in [-0.4, -0.2) is 49.2 Å². The normalized spacial score (nSPS) is 15.7. The van der Waals surface area contributed by atoms with Crippen LogP contribution < -0.4 is 9.47 Å². The molecule has 1 aliphatic heterocycles. The molecule has 1 amide bonds. The molecule has 1 aromatic rings. The van der Waals surface area contributed by atoms with E-state index in [0.717, 1.165) is 5.56 Å². The fourth-order valence-electron chi connectivity index (χ4n) is 2.55. The summed E-state index contributed by atoms with van der Waals surface area (Å²) < 4.78 is 10.4. The molecule has 1 aromatic carbocycles. The molecule has 0 bridgehead atoms. The number of carboxylic acid groups (broad SMARTS) is 1. The Labute approximate surface area is 135 Å². The van der Waals surface area contributed by atoms with Crippen molar-refractivity contribution in [1.82, 2.24) is 4.90 Å². The second kappa shape index (κ2) is 7.67. The van der Waals surface area contributed by atoms with Gasteiger partial charge in [-0.3, -0.25) is 9.59 Å². The number of nitrogens with zero attached hydrogens (tertiary/aromatic N) is 1. The zero-order chi connectivity index (χ0) is 16.8. The number of carboxylic acids is 1. The van der Waals surface area contributed by atoms with E-state index in [1.165, 1.54) is 6.08 Å². The summed E-state index contributed by atoms with van der Waals surface area (Å²) in [4.78, 5) is 24.8. The minimum absolute atomic E-state index is 0.115. The molecule has 0 atom stereocenters. The number of carbonyl (C=O) groups excluding carboxylic acids is 1. The van der Waals surface area contributed by atoms with Crippen LogP contribution in [0.25, 0.3) is 6.08 Å². The number of amides is 1. The van der Waals surface area contributed by atoms with Gasteiger partial charge in [-0.25, -0.2) is 0 Å². The fraction of sp³-hybridized carbons (Fsp3) is 0.412. The second-order valence-electron chi connectivity index (χ2n) is 5.42. The van der Waals surface area contributed by atoms with Crippen LogP contribution in [0.1, 0.15) is 18.4 Å². The lowest BCUT2D eigenvalue weighted by molar-refractivity contribution is -0.144. The van der Waals surface area contributed by atoms with E-state index >= 15 is 0 Å². The molecular formula is C17H21NO5. The first-order valence-electron chi connectivity index (χ1n) is 7.46. The Balaban J connectivity index is 2.00. The molecule has 0 radical (unpaired) electrons. The largest absolute Gasteiger partial charge is 0.497 e. The quantitative estimate of drug-likeness (QED) is 0.841. The minimum atomic E-state index is -0.781. The molecule has 0 aromatic heterocycles. The monoisotopic (exact) mass is 319 g/mol. The number of benzene rings is 1. The first kappa shape index (κ1) is 16.9. The summed E-state index contributed by atoms with van der Waals surface area (Å²) in [5.41, 5.74) is 0.801. The topological polar surface area (TPSA) is 76.1 Å². The van der Waals surface area contributed by atoms with Crippen molar-refractivity contribution in [2.24, 2.45) is 5.92 Å². The third-order valence-electron chi connectivity index (χ3n) is 3.95. The van der Waals surface area contributed by atoms with Crippen LogP contribution in [0.3, 0.4) is 0 Å². The molecule has 0 saturated carbocycles. The number of aliphatic carboxylic acids is 1. The minimum Gasteiger partial charge on any atom is -0.497 e. The number of hydrogen-bond donors (Lipinski definition) is 1. The number of ether oxygens (including phenoxy) is 2. The molecular weight excluding hydrogens is 298 g/mol. The van der Waals surface area contributed by atoms with Crippen molar-refractivity contribution in [3.63, 3.8) is 0 Å².